The molecule has 0 fully saturated rings. The SMILES string of the molecule is C=C/C=C(/OC(=O)C=C)C(=O)OCCCC. The van der Waals surface area contributed by atoms with Gasteiger partial charge in [-0.3, -0.25) is 0 Å². The van der Waals surface area contributed by atoms with Crippen LogP contribution < -0.4 is 0 Å². The number of esters is 2. The Kier molecular flexibility index (Phi) is 7.49. The zero-order chi connectivity index (χ0) is 12.4. The smallest absolute Gasteiger partial charge is 0.374 e. The number of hydrogen-bond donors (Lipinski definition) is 0. The van der Waals surface area contributed by atoms with Gasteiger partial charge in [0.05, 0.1) is 6.61 Å². The largest absolute Gasteiger partial charge is 0.460 e. The number of carbonyl (C=O) groups is 2. The summed E-state index contributed by atoms with van der Waals surface area (Å²) in [6.45, 7) is 8.92. The first-order chi connectivity index (χ1) is 7.65. The number of allylic oxidation sites excluding steroid dienone is 2. The Balaban J connectivity index is 4.36. The second kappa shape index (κ2) is 8.47. The second-order valence-corrected chi connectivity index (χ2v) is 2.88. The zero-order valence-corrected chi connectivity index (χ0v) is 9.40. The van der Waals surface area contributed by atoms with E-state index in [0.717, 1.165) is 18.9 Å². The normalized spacial score (nSPS) is 10.4. The Hall–Kier alpha value is -1.84. The predicted molar refractivity (Wildman–Crippen MR) is 60.4 cm³/mol. The maximum absolute atomic E-state index is 11.4. The van der Waals surface area contributed by atoms with Gasteiger partial charge in [0.25, 0.3) is 0 Å². The highest BCUT2D eigenvalue weighted by atomic mass is 16.6. The van der Waals surface area contributed by atoms with Gasteiger partial charge in [-0.05, 0) is 12.5 Å². The van der Waals surface area contributed by atoms with Crippen molar-refractivity contribution in [3.63, 3.8) is 0 Å². The van der Waals surface area contributed by atoms with E-state index in [1.165, 1.54) is 12.2 Å². The lowest BCUT2D eigenvalue weighted by atomic mass is 10.3. The summed E-state index contributed by atoms with van der Waals surface area (Å²) < 4.78 is 9.57. The molecular formula is C12H16O4. The fourth-order valence-corrected chi connectivity index (χ4v) is 0.781. The molecule has 0 spiro atoms. The number of unbranched alkanes of at least 4 members (excludes halogenated alkanes) is 1. The van der Waals surface area contributed by atoms with Crippen LogP contribution in [0.4, 0.5) is 0 Å². The highest BCUT2D eigenvalue weighted by Gasteiger charge is 2.14. The van der Waals surface area contributed by atoms with Gasteiger partial charge in [-0.25, -0.2) is 9.59 Å². The number of rotatable bonds is 7. The summed E-state index contributed by atoms with van der Waals surface area (Å²) in [5, 5.41) is 0. The fraction of sp³-hybridized carbons (Fsp3) is 0.333. The van der Waals surface area contributed by atoms with Gasteiger partial charge in [0.15, 0.2) is 0 Å². The average Bonchev–Trinajstić information content (AvgIpc) is 2.28. The van der Waals surface area contributed by atoms with Gasteiger partial charge in [-0.2, -0.15) is 0 Å². The van der Waals surface area contributed by atoms with Crippen molar-refractivity contribution in [2.75, 3.05) is 6.61 Å². The minimum Gasteiger partial charge on any atom is -0.460 e. The second-order valence-electron chi connectivity index (χ2n) is 2.88. The summed E-state index contributed by atoms with van der Waals surface area (Å²) in [5.41, 5.74) is 0. The highest BCUT2D eigenvalue weighted by molar-refractivity contribution is 5.92. The van der Waals surface area contributed by atoms with E-state index in [0.29, 0.717) is 6.61 Å². The number of ether oxygens (including phenoxy) is 2. The maximum Gasteiger partial charge on any atom is 0.374 e. The van der Waals surface area contributed by atoms with E-state index in [1.807, 2.05) is 6.92 Å². The third kappa shape index (κ3) is 5.80. The van der Waals surface area contributed by atoms with Gasteiger partial charge in [-0.1, -0.05) is 32.6 Å². The quantitative estimate of drug-likeness (QED) is 0.218. The van der Waals surface area contributed by atoms with E-state index in [1.54, 1.807) is 0 Å². The maximum atomic E-state index is 11.4. The minimum atomic E-state index is -0.708. The summed E-state index contributed by atoms with van der Waals surface area (Å²) in [6, 6.07) is 0. The Morgan fingerprint density at radius 2 is 2.00 bits per heavy atom. The van der Waals surface area contributed by atoms with E-state index in [2.05, 4.69) is 13.2 Å². The first-order valence-corrected chi connectivity index (χ1v) is 4.99. The van der Waals surface area contributed by atoms with Gasteiger partial charge in [0, 0.05) is 6.08 Å². The molecule has 0 heterocycles. The molecule has 0 unspecified atom stereocenters. The van der Waals surface area contributed by atoms with Gasteiger partial charge in [-0.15, -0.1) is 0 Å². The molecule has 0 aliphatic carbocycles. The molecule has 0 saturated carbocycles. The molecular weight excluding hydrogens is 208 g/mol. The van der Waals surface area contributed by atoms with Crippen molar-refractivity contribution in [1.82, 2.24) is 0 Å². The van der Waals surface area contributed by atoms with E-state index in [9.17, 15) is 9.59 Å². The summed E-state index contributed by atoms with van der Waals surface area (Å²) in [5.74, 6) is -1.57. The molecule has 0 aliphatic heterocycles. The molecule has 0 N–H and O–H groups in total. The molecule has 4 heteroatoms. The molecule has 0 radical (unpaired) electrons. The first-order valence-electron chi connectivity index (χ1n) is 4.99. The molecule has 0 aromatic carbocycles. The lowest BCUT2D eigenvalue weighted by molar-refractivity contribution is -0.149. The Morgan fingerprint density at radius 3 is 2.50 bits per heavy atom. The number of carbonyl (C=O) groups excluding carboxylic acids is 2. The molecule has 0 rings (SSSR count). The van der Waals surface area contributed by atoms with Crippen LogP contribution in [-0.2, 0) is 19.1 Å². The topological polar surface area (TPSA) is 52.6 Å². The van der Waals surface area contributed by atoms with Crippen molar-refractivity contribution in [2.45, 2.75) is 19.8 Å². The third-order valence-corrected chi connectivity index (χ3v) is 1.58. The van der Waals surface area contributed by atoms with Gasteiger partial charge < -0.3 is 9.47 Å². The predicted octanol–water partition coefficient (Wildman–Crippen LogP) is 2.13. The molecule has 88 valence electrons. The average molecular weight is 224 g/mol. The van der Waals surface area contributed by atoms with Crippen LogP contribution in [0.5, 0.6) is 0 Å². The Bertz CT molecular complexity index is 302. The molecule has 0 bridgehead atoms. The lowest BCUT2D eigenvalue weighted by Gasteiger charge is -2.06. The summed E-state index contributed by atoms with van der Waals surface area (Å²) in [6.07, 6.45) is 5.27. The van der Waals surface area contributed by atoms with Crippen molar-refractivity contribution < 1.29 is 19.1 Å². The Morgan fingerprint density at radius 1 is 1.31 bits per heavy atom. The molecule has 0 aliphatic rings. The van der Waals surface area contributed by atoms with Crippen molar-refractivity contribution >= 4 is 11.9 Å². The molecule has 0 aromatic heterocycles. The van der Waals surface area contributed by atoms with E-state index in [4.69, 9.17) is 9.47 Å². The molecule has 0 atom stereocenters. The standard InChI is InChI=1S/C12H16O4/c1-4-7-9-15-12(14)10(8-5-2)16-11(13)6-3/h5-6,8H,2-4,7,9H2,1H3/b10-8+. The van der Waals surface area contributed by atoms with Crippen LogP contribution in [-0.4, -0.2) is 18.5 Å². The highest BCUT2D eigenvalue weighted by Crippen LogP contribution is 2.03. The van der Waals surface area contributed by atoms with Crippen LogP contribution in [0, 0.1) is 0 Å². The molecule has 4 nitrogen and oxygen atoms in total. The van der Waals surface area contributed by atoms with Crippen molar-refractivity contribution in [1.29, 1.82) is 0 Å². The lowest BCUT2D eigenvalue weighted by Crippen LogP contribution is -2.14. The Labute approximate surface area is 95.2 Å². The van der Waals surface area contributed by atoms with Crippen LogP contribution in [0.25, 0.3) is 0 Å². The molecule has 0 aromatic rings. The van der Waals surface area contributed by atoms with Gasteiger partial charge in [0.1, 0.15) is 0 Å². The van der Waals surface area contributed by atoms with Crippen molar-refractivity contribution in [2.24, 2.45) is 0 Å². The van der Waals surface area contributed by atoms with Gasteiger partial charge >= 0.3 is 11.9 Å². The summed E-state index contributed by atoms with van der Waals surface area (Å²) in [4.78, 5) is 22.3. The minimum absolute atomic E-state index is 0.184. The molecule has 16 heavy (non-hydrogen) atoms. The first kappa shape index (κ1) is 14.2. The van der Waals surface area contributed by atoms with E-state index in [-0.39, 0.29) is 5.76 Å². The van der Waals surface area contributed by atoms with Crippen molar-refractivity contribution in [3.05, 3.63) is 37.1 Å². The fourth-order valence-electron chi connectivity index (χ4n) is 0.781. The van der Waals surface area contributed by atoms with Crippen LogP contribution in [0.1, 0.15) is 19.8 Å². The van der Waals surface area contributed by atoms with Gasteiger partial charge in [0.2, 0.25) is 5.76 Å². The van der Waals surface area contributed by atoms with Crippen LogP contribution in [0.2, 0.25) is 0 Å². The van der Waals surface area contributed by atoms with Crippen LogP contribution in [0.15, 0.2) is 37.1 Å². The third-order valence-electron chi connectivity index (χ3n) is 1.58. The van der Waals surface area contributed by atoms with E-state index >= 15 is 0 Å². The molecule has 0 saturated heterocycles. The number of hydrogen-bond acceptors (Lipinski definition) is 4. The van der Waals surface area contributed by atoms with Crippen LogP contribution >= 0.6 is 0 Å². The van der Waals surface area contributed by atoms with Crippen molar-refractivity contribution in [3.8, 4) is 0 Å². The zero-order valence-electron chi connectivity index (χ0n) is 9.40. The molecule has 0 amide bonds. The summed E-state index contributed by atoms with van der Waals surface area (Å²) in [7, 11) is 0. The monoisotopic (exact) mass is 224 g/mol. The van der Waals surface area contributed by atoms with Crippen LogP contribution in [0.3, 0.4) is 0 Å². The summed E-state index contributed by atoms with van der Waals surface area (Å²) >= 11 is 0. The van der Waals surface area contributed by atoms with E-state index < -0.39 is 11.9 Å².